The molecule has 0 aliphatic rings. The topological polar surface area (TPSA) is 95.9 Å². The molecule has 0 bridgehead atoms. The fraction of sp³-hybridized carbons (Fsp3) is 0.902. The lowest BCUT2D eigenvalue weighted by molar-refractivity contribution is -0.143. The molecule has 2 unspecified atom stereocenters. The Morgan fingerprint density at radius 1 is 0.318 bits per heavy atom. The van der Waals surface area contributed by atoms with Crippen LogP contribution in [-0.4, -0.2) is 47.4 Å². The molecular formula is C82H157NO5. The number of nitrogens with one attached hydrogen (secondary N) is 1. The first-order valence-electron chi connectivity index (χ1n) is 40.3. The van der Waals surface area contributed by atoms with Crippen LogP contribution in [0.4, 0.5) is 0 Å². The highest BCUT2D eigenvalue weighted by Crippen LogP contribution is 2.20. The van der Waals surface area contributed by atoms with E-state index in [1.807, 2.05) is 6.08 Å². The van der Waals surface area contributed by atoms with Crippen LogP contribution < -0.4 is 5.32 Å². The second-order valence-corrected chi connectivity index (χ2v) is 27.8. The first-order chi connectivity index (χ1) is 43.5. The summed E-state index contributed by atoms with van der Waals surface area (Å²) in [6.45, 7) is 4.95. The van der Waals surface area contributed by atoms with E-state index in [1.165, 1.54) is 379 Å². The van der Waals surface area contributed by atoms with Crippen molar-refractivity contribution >= 4 is 11.9 Å². The van der Waals surface area contributed by atoms with Crippen molar-refractivity contribution in [2.75, 3.05) is 13.2 Å². The Morgan fingerprint density at radius 3 is 0.864 bits per heavy atom. The fourth-order valence-electron chi connectivity index (χ4n) is 12.8. The third-order valence-electron chi connectivity index (χ3n) is 18.9. The highest BCUT2D eigenvalue weighted by atomic mass is 16.5. The van der Waals surface area contributed by atoms with Gasteiger partial charge < -0.3 is 20.3 Å². The third kappa shape index (κ3) is 73.1. The number of amides is 1. The van der Waals surface area contributed by atoms with Crippen molar-refractivity contribution in [2.24, 2.45) is 0 Å². The smallest absolute Gasteiger partial charge is 0.305 e. The van der Waals surface area contributed by atoms with Gasteiger partial charge in [0.05, 0.1) is 25.4 Å². The third-order valence-corrected chi connectivity index (χ3v) is 18.9. The Kier molecular flexibility index (Phi) is 75.8. The van der Waals surface area contributed by atoms with Crippen molar-refractivity contribution < 1.29 is 24.5 Å². The van der Waals surface area contributed by atoms with Crippen molar-refractivity contribution in [3.63, 3.8) is 0 Å². The molecule has 0 aliphatic heterocycles. The second-order valence-electron chi connectivity index (χ2n) is 27.8. The summed E-state index contributed by atoms with van der Waals surface area (Å²) in [7, 11) is 0. The summed E-state index contributed by atoms with van der Waals surface area (Å²) in [5.41, 5.74) is 0. The minimum Gasteiger partial charge on any atom is -0.466 e. The van der Waals surface area contributed by atoms with Gasteiger partial charge in [-0.25, -0.2) is 0 Å². The lowest BCUT2D eigenvalue weighted by atomic mass is 10.0. The van der Waals surface area contributed by atoms with Gasteiger partial charge in [-0.05, 0) is 64.2 Å². The van der Waals surface area contributed by atoms with E-state index in [4.69, 9.17) is 4.74 Å². The van der Waals surface area contributed by atoms with Gasteiger partial charge in [0, 0.05) is 12.8 Å². The van der Waals surface area contributed by atoms with Crippen LogP contribution in [0.25, 0.3) is 0 Å². The molecule has 0 radical (unpaired) electrons. The van der Waals surface area contributed by atoms with Gasteiger partial charge in [0.1, 0.15) is 0 Å². The maximum Gasteiger partial charge on any atom is 0.305 e. The molecule has 0 heterocycles. The summed E-state index contributed by atoms with van der Waals surface area (Å²) in [5.74, 6) is -0.0419. The van der Waals surface area contributed by atoms with E-state index in [9.17, 15) is 19.8 Å². The molecule has 0 spiro atoms. The molecule has 0 aliphatic carbocycles. The molecule has 0 aromatic rings. The fourth-order valence-corrected chi connectivity index (χ4v) is 12.8. The SMILES string of the molecule is CCCCCCCCCCCCCCCCCCCCCCC/C=C/C(O)C(CO)NC(=O)CCCCCCCCCCCCCCCCCCC/C=C\C/C=C\CCCCCCCCCCCCCOC(=O)CCCCCCCCCCCCCCC. The zero-order valence-corrected chi connectivity index (χ0v) is 59.7. The van der Waals surface area contributed by atoms with Crippen LogP contribution in [0.2, 0.25) is 0 Å². The van der Waals surface area contributed by atoms with E-state index in [-0.39, 0.29) is 18.5 Å². The quantitative estimate of drug-likeness (QED) is 0.0320. The summed E-state index contributed by atoms with van der Waals surface area (Å²) in [5, 5.41) is 23.3. The van der Waals surface area contributed by atoms with Crippen molar-refractivity contribution in [1.29, 1.82) is 0 Å². The Morgan fingerprint density at radius 2 is 0.568 bits per heavy atom. The van der Waals surface area contributed by atoms with Gasteiger partial charge in [0.2, 0.25) is 5.91 Å². The van der Waals surface area contributed by atoms with Gasteiger partial charge in [0.25, 0.3) is 0 Å². The van der Waals surface area contributed by atoms with E-state index in [2.05, 4.69) is 43.5 Å². The number of hydrogen-bond acceptors (Lipinski definition) is 5. The van der Waals surface area contributed by atoms with Gasteiger partial charge in [0.15, 0.2) is 0 Å². The van der Waals surface area contributed by atoms with Crippen molar-refractivity contribution in [2.45, 2.75) is 463 Å². The largest absolute Gasteiger partial charge is 0.466 e. The average Bonchev–Trinajstić information content (AvgIpc) is 3.53. The van der Waals surface area contributed by atoms with Gasteiger partial charge in [-0.1, -0.05) is 410 Å². The van der Waals surface area contributed by atoms with E-state index < -0.39 is 12.1 Å². The Balaban J connectivity index is 3.39. The Bertz CT molecular complexity index is 1430. The molecule has 2 atom stereocenters. The van der Waals surface area contributed by atoms with E-state index in [0.717, 1.165) is 44.9 Å². The number of esters is 1. The summed E-state index contributed by atoms with van der Waals surface area (Å²) in [4.78, 5) is 24.6. The number of unbranched alkanes of at least 4 members (excludes halogenated alkanes) is 61. The van der Waals surface area contributed by atoms with Crippen LogP contribution >= 0.6 is 0 Å². The minimum absolute atomic E-state index is 0.0188. The molecule has 6 heteroatoms. The zero-order valence-electron chi connectivity index (χ0n) is 59.7. The zero-order chi connectivity index (χ0) is 63.5. The molecule has 0 aromatic heterocycles. The number of aliphatic hydroxyl groups is 2. The number of aliphatic hydroxyl groups excluding tert-OH is 2. The van der Waals surface area contributed by atoms with Crippen LogP contribution in [0, 0.1) is 0 Å². The summed E-state index contributed by atoms with van der Waals surface area (Å²) < 4.78 is 5.49. The Hall–Kier alpha value is -1.92. The van der Waals surface area contributed by atoms with Crippen LogP contribution in [-0.2, 0) is 14.3 Å². The highest BCUT2D eigenvalue weighted by molar-refractivity contribution is 5.76. The number of hydrogen-bond donors (Lipinski definition) is 3. The summed E-state index contributed by atoms with van der Waals surface area (Å²) >= 11 is 0. The van der Waals surface area contributed by atoms with Gasteiger partial charge in [-0.2, -0.15) is 0 Å². The first kappa shape index (κ1) is 86.1. The van der Waals surface area contributed by atoms with Crippen molar-refractivity contribution in [3.05, 3.63) is 36.5 Å². The van der Waals surface area contributed by atoms with Crippen LogP contribution in [0.15, 0.2) is 36.5 Å². The monoisotopic (exact) mass is 1240 g/mol. The second kappa shape index (κ2) is 77.5. The predicted molar refractivity (Wildman–Crippen MR) is 389 cm³/mol. The standard InChI is InChI=1S/C82H157NO5/c1-3-5-7-9-11-13-15-17-18-19-20-21-35-38-41-44-47-51-54-58-62-66-70-74-80(85)79(78-84)83-81(86)75-71-67-63-59-55-52-48-45-42-39-36-33-31-29-27-25-23-22-24-26-28-30-32-34-37-40-43-46-49-53-57-61-65-69-73-77-88-82(87)76-72-68-64-60-56-50-16-14-12-10-8-6-4-2/h24,26,30,32,70,74,79-80,84-85H,3-23,25,27-29,31,33-69,71-73,75-78H2,1-2H3,(H,83,86)/b26-24-,32-30-,74-70+. The molecular weight excluding hydrogens is 1080 g/mol. The van der Waals surface area contributed by atoms with Gasteiger partial charge >= 0.3 is 5.97 Å². The normalized spacial score (nSPS) is 12.6. The lowest BCUT2D eigenvalue weighted by Crippen LogP contribution is -2.45. The molecule has 0 saturated heterocycles. The molecule has 0 saturated carbocycles. The highest BCUT2D eigenvalue weighted by Gasteiger charge is 2.18. The summed E-state index contributed by atoms with van der Waals surface area (Å²) in [6, 6.07) is -0.628. The average molecular weight is 1240 g/mol. The molecule has 1 amide bonds. The molecule has 0 aromatic carbocycles. The molecule has 0 rings (SSSR count). The lowest BCUT2D eigenvalue weighted by Gasteiger charge is -2.20. The van der Waals surface area contributed by atoms with Crippen LogP contribution in [0.3, 0.4) is 0 Å². The molecule has 88 heavy (non-hydrogen) atoms. The maximum absolute atomic E-state index is 12.6. The van der Waals surface area contributed by atoms with E-state index in [1.54, 1.807) is 6.08 Å². The molecule has 3 N–H and O–H groups in total. The van der Waals surface area contributed by atoms with Crippen molar-refractivity contribution in [1.82, 2.24) is 5.32 Å². The summed E-state index contributed by atoms with van der Waals surface area (Å²) in [6.07, 6.45) is 101. The maximum atomic E-state index is 12.6. The first-order valence-corrected chi connectivity index (χ1v) is 40.3. The Labute approximate surface area is 551 Å². The van der Waals surface area contributed by atoms with E-state index in [0.29, 0.717) is 19.4 Å². The van der Waals surface area contributed by atoms with Gasteiger partial charge in [-0.15, -0.1) is 0 Å². The molecule has 0 fully saturated rings. The van der Waals surface area contributed by atoms with Crippen molar-refractivity contribution in [3.8, 4) is 0 Å². The number of allylic oxidation sites excluding steroid dienone is 5. The predicted octanol–water partition coefficient (Wildman–Crippen LogP) is 26.6. The minimum atomic E-state index is -0.844. The number of rotatable bonds is 76. The van der Waals surface area contributed by atoms with E-state index >= 15 is 0 Å². The molecule has 520 valence electrons. The molecule has 6 nitrogen and oxygen atoms in total. The van der Waals surface area contributed by atoms with Gasteiger partial charge in [-0.3, -0.25) is 9.59 Å². The number of ether oxygens (including phenoxy) is 1. The number of carbonyl (C=O) groups is 2. The number of carbonyl (C=O) groups excluding carboxylic acids is 2. The van der Waals surface area contributed by atoms with Crippen LogP contribution in [0.1, 0.15) is 450 Å². The van der Waals surface area contributed by atoms with Crippen LogP contribution in [0.5, 0.6) is 0 Å².